The lowest BCUT2D eigenvalue weighted by Crippen LogP contribution is -2.36. The van der Waals surface area contributed by atoms with Gasteiger partial charge in [-0.25, -0.2) is 0 Å². The monoisotopic (exact) mass is 145 g/mol. The van der Waals surface area contributed by atoms with Gasteiger partial charge in [-0.15, -0.1) is 0 Å². The second-order valence-corrected chi connectivity index (χ2v) is 2.92. The van der Waals surface area contributed by atoms with E-state index in [-0.39, 0.29) is 25.3 Å². The third kappa shape index (κ3) is 1.31. The summed E-state index contributed by atoms with van der Waals surface area (Å²) in [5, 5.41) is 17.7. The molecule has 0 aromatic heterocycles. The fourth-order valence-corrected chi connectivity index (χ4v) is 1.53. The lowest BCUT2D eigenvalue weighted by atomic mass is 10.2. The van der Waals surface area contributed by atoms with Crippen LogP contribution >= 0.6 is 0 Å². The molecule has 2 unspecified atom stereocenters. The molecule has 0 spiro atoms. The SMILES string of the molecule is CN1C(CO)CCC1CO. The standard InChI is InChI=1S/C7H15NO2/c1-8-6(4-9)2-3-7(8)5-10/h6-7,9-10H,2-5H2,1H3. The summed E-state index contributed by atoms with van der Waals surface area (Å²) in [6, 6.07) is 0.550. The lowest BCUT2D eigenvalue weighted by molar-refractivity contribution is 0.120. The van der Waals surface area contributed by atoms with Gasteiger partial charge in [-0.3, -0.25) is 4.90 Å². The molecule has 1 saturated heterocycles. The zero-order valence-electron chi connectivity index (χ0n) is 6.32. The van der Waals surface area contributed by atoms with Gasteiger partial charge in [0.2, 0.25) is 0 Å². The van der Waals surface area contributed by atoms with Crippen molar-refractivity contribution >= 4 is 0 Å². The zero-order chi connectivity index (χ0) is 7.56. The smallest absolute Gasteiger partial charge is 0.0586 e. The average molecular weight is 145 g/mol. The summed E-state index contributed by atoms with van der Waals surface area (Å²) >= 11 is 0. The fraction of sp³-hybridized carbons (Fsp3) is 1.00. The van der Waals surface area contributed by atoms with E-state index < -0.39 is 0 Å². The molecular formula is C7H15NO2. The zero-order valence-corrected chi connectivity index (χ0v) is 6.32. The Labute approximate surface area is 61.3 Å². The van der Waals surface area contributed by atoms with Gasteiger partial charge in [0.25, 0.3) is 0 Å². The molecule has 0 bridgehead atoms. The first-order valence-corrected chi connectivity index (χ1v) is 3.73. The summed E-state index contributed by atoms with van der Waals surface area (Å²) in [5.74, 6) is 0. The van der Waals surface area contributed by atoms with Crippen LogP contribution in [0.3, 0.4) is 0 Å². The number of aliphatic hydroxyl groups excluding tert-OH is 2. The summed E-state index contributed by atoms with van der Waals surface area (Å²) in [7, 11) is 1.95. The van der Waals surface area contributed by atoms with Crippen molar-refractivity contribution in [1.29, 1.82) is 0 Å². The van der Waals surface area contributed by atoms with E-state index in [0.29, 0.717) is 0 Å². The molecule has 0 amide bonds. The van der Waals surface area contributed by atoms with Crippen molar-refractivity contribution in [2.75, 3.05) is 20.3 Å². The highest BCUT2D eigenvalue weighted by Crippen LogP contribution is 2.20. The largest absolute Gasteiger partial charge is 0.395 e. The van der Waals surface area contributed by atoms with Crippen LogP contribution < -0.4 is 0 Å². The molecule has 3 nitrogen and oxygen atoms in total. The maximum Gasteiger partial charge on any atom is 0.0586 e. The van der Waals surface area contributed by atoms with E-state index in [9.17, 15) is 0 Å². The predicted octanol–water partition coefficient (Wildman–Crippen LogP) is -0.566. The fourth-order valence-electron chi connectivity index (χ4n) is 1.53. The van der Waals surface area contributed by atoms with Crippen molar-refractivity contribution in [3.8, 4) is 0 Å². The first-order valence-electron chi connectivity index (χ1n) is 3.73. The first kappa shape index (κ1) is 7.98. The molecule has 0 radical (unpaired) electrons. The van der Waals surface area contributed by atoms with E-state index in [1.165, 1.54) is 0 Å². The Hall–Kier alpha value is -0.120. The molecule has 1 aliphatic heterocycles. The summed E-state index contributed by atoms with van der Waals surface area (Å²) in [4.78, 5) is 2.06. The van der Waals surface area contributed by atoms with Gasteiger partial charge in [-0.1, -0.05) is 0 Å². The minimum absolute atomic E-state index is 0.215. The van der Waals surface area contributed by atoms with Crippen LogP contribution in [0.5, 0.6) is 0 Å². The Morgan fingerprint density at radius 1 is 1.20 bits per heavy atom. The van der Waals surface area contributed by atoms with E-state index in [1.807, 2.05) is 7.05 Å². The molecule has 60 valence electrons. The summed E-state index contributed by atoms with van der Waals surface area (Å²) in [6.07, 6.45) is 2.02. The van der Waals surface area contributed by atoms with Crippen molar-refractivity contribution in [3.63, 3.8) is 0 Å². The van der Waals surface area contributed by atoms with Crippen molar-refractivity contribution in [1.82, 2.24) is 4.90 Å². The Balaban J connectivity index is 2.41. The molecule has 1 heterocycles. The quantitative estimate of drug-likeness (QED) is 0.547. The van der Waals surface area contributed by atoms with E-state index in [2.05, 4.69) is 4.90 Å². The number of nitrogens with zero attached hydrogens (tertiary/aromatic N) is 1. The van der Waals surface area contributed by atoms with Crippen molar-refractivity contribution in [2.24, 2.45) is 0 Å². The Bertz CT molecular complexity index is 95.8. The Morgan fingerprint density at radius 3 is 1.80 bits per heavy atom. The van der Waals surface area contributed by atoms with Gasteiger partial charge in [-0.05, 0) is 19.9 Å². The third-order valence-electron chi connectivity index (χ3n) is 2.41. The van der Waals surface area contributed by atoms with Crippen LogP contribution in [0.25, 0.3) is 0 Å². The summed E-state index contributed by atoms with van der Waals surface area (Å²) in [5.41, 5.74) is 0. The highest BCUT2D eigenvalue weighted by Gasteiger charge is 2.28. The highest BCUT2D eigenvalue weighted by molar-refractivity contribution is 4.83. The Kier molecular flexibility index (Phi) is 2.65. The number of likely N-dealkylation sites (tertiary alicyclic amines) is 1. The van der Waals surface area contributed by atoms with Crippen molar-refractivity contribution < 1.29 is 10.2 Å². The van der Waals surface area contributed by atoms with Gasteiger partial charge >= 0.3 is 0 Å². The maximum absolute atomic E-state index is 8.83. The minimum atomic E-state index is 0.215. The van der Waals surface area contributed by atoms with E-state index >= 15 is 0 Å². The minimum Gasteiger partial charge on any atom is -0.395 e. The number of hydrogen-bond donors (Lipinski definition) is 2. The Morgan fingerprint density at radius 2 is 1.60 bits per heavy atom. The molecule has 10 heavy (non-hydrogen) atoms. The second-order valence-electron chi connectivity index (χ2n) is 2.92. The summed E-state index contributed by atoms with van der Waals surface area (Å²) in [6.45, 7) is 0.431. The second kappa shape index (κ2) is 3.32. The van der Waals surface area contributed by atoms with E-state index in [4.69, 9.17) is 10.2 Å². The number of hydrogen-bond acceptors (Lipinski definition) is 3. The van der Waals surface area contributed by atoms with Crippen LogP contribution in [0.1, 0.15) is 12.8 Å². The molecule has 2 atom stereocenters. The van der Waals surface area contributed by atoms with Gasteiger partial charge in [-0.2, -0.15) is 0 Å². The van der Waals surface area contributed by atoms with Gasteiger partial charge in [0.05, 0.1) is 13.2 Å². The first-order chi connectivity index (χ1) is 4.79. The molecule has 1 rings (SSSR count). The van der Waals surface area contributed by atoms with E-state index in [0.717, 1.165) is 12.8 Å². The van der Waals surface area contributed by atoms with Crippen LogP contribution in [0, 0.1) is 0 Å². The van der Waals surface area contributed by atoms with Crippen LogP contribution in [0.4, 0.5) is 0 Å². The molecule has 3 heteroatoms. The molecule has 0 aromatic carbocycles. The van der Waals surface area contributed by atoms with Gasteiger partial charge < -0.3 is 10.2 Å². The van der Waals surface area contributed by atoms with Crippen LogP contribution in [0.2, 0.25) is 0 Å². The molecular weight excluding hydrogens is 130 g/mol. The van der Waals surface area contributed by atoms with Crippen LogP contribution in [0.15, 0.2) is 0 Å². The number of aliphatic hydroxyl groups is 2. The molecule has 0 saturated carbocycles. The third-order valence-corrected chi connectivity index (χ3v) is 2.41. The van der Waals surface area contributed by atoms with E-state index in [1.54, 1.807) is 0 Å². The average Bonchev–Trinajstić information content (AvgIpc) is 2.30. The normalized spacial score (nSPS) is 35.1. The molecule has 0 aliphatic carbocycles. The molecule has 1 aliphatic rings. The number of likely N-dealkylation sites (N-methyl/N-ethyl adjacent to an activating group) is 1. The molecule has 1 fully saturated rings. The van der Waals surface area contributed by atoms with Gasteiger partial charge in [0.1, 0.15) is 0 Å². The van der Waals surface area contributed by atoms with Crippen LogP contribution in [-0.4, -0.2) is 47.5 Å². The van der Waals surface area contributed by atoms with Crippen molar-refractivity contribution in [3.05, 3.63) is 0 Å². The molecule has 2 N–H and O–H groups in total. The van der Waals surface area contributed by atoms with Crippen molar-refractivity contribution in [2.45, 2.75) is 24.9 Å². The van der Waals surface area contributed by atoms with Gasteiger partial charge in [0.15, 0.2) is 0 Å². The van der Waals surface area contributed by atoms with Gasteiger partial charge in [0, 0.05) is 12.1 Å². The number of rotatable bonds is 2. The lowest BCUT2D eigenvalue weighted by Gasteiger charge is -2.22. The summed E-state index contributed by atoms with van der Waals surface area (Å²) < 4.78 is 0. The highest BCUT2D eigenvalue weighted by atomic mass is 16.3. The molecule has 0 aromatic rings. The predicted molar refractivity (Wildman–Crippen MR) is 38.7 cm³/mol. The maximum atomic E-state index is 8.83. The van der Waals surface area contributed by atoms with Crippen LogP contribution in [-0.2, 0) is 0 Å². The topological polar surface area (TPSA) is 43.7 Å².